The Labute approximate surface area is 178 Å². The summed E-state index contributed by atoms with van der Waals surface area (Å²) in [5, 5.41) is 4.21. The molecule has 6 nitrogen and oxygen atoms in total. The van der Waals surface area contributed by atoms with Gasteiger partial charge in [-0.15, -0.1) is 0 Å². The van der Waals surface area contributed by atoms with E-state index in [1.54, 1.807) is 7.11 Å². The zero-order valence-electron chi connectivity index (χ0n) is 18.3. The summed E-state index contributed by atoms with van der Waals surface area (Å²) in [6, 6.07) is 13.8. The molecule has 3 aromatic heterocycles. The highest BCUT2D eigenvalue weighted by atomic mass is 16.6. The van der Waals surface area contributed by atoms with E-state index in [0.29, 0.717) is 6.61 Å². The molecule has 0 bridgehead atoms. The van der Waals surface area contributed by atoms with Gasteiger partial charge < -0.3 is 9.57 Å². The third-order valence-electron chi connectivity index (χ3n) is 4.57. The normalized spacial score (nSPS) is 11.4. The zero-order valence-corrected chi connectivity index (χ0v) is 18.3. The van der Waals surface area contributed by atoms with Crippen molar-refractivity contribution in [2.75, 3.05) is 13.7 Å². The van der Waals surface area contributed by atoms with Gasteiger partial charge >= 0.3 is 0 Å². The van der Waals surface area contributed by atoms with Crippen LogP contribution in [0.25, 0.3) is 11.4 Å². The third kappa shape index (κ3) is 5.86. The minimum atomic E-state index is 0.518. The van der Waals surface area contributed by atoms with Crippen LogP contribution in [0.5, 0.6) is 5.75 Å². The number of rotatable bonds is 8. The van der Waals surface area contributed by atoms with Crippen molar-refractivity contribution in [3.8, 4) is 17.1 Å². The van der Waals surface area contributed by atoms with Gasteiger partial charge in [-0.05, 0) is 70.4 Å². The largest absolute Gasteiger partial charge is 0.497 e. The Morgan fingerprint density at radius 1 is 0.933 bits per heavy atom. The van der Waals surface area contributed by atoms with Crippen molar-refractivity contribution in [1.82, 2.24) is 15.0 Å². The Hall–Kier alpha value is -3.28. The number of methoxy groups -OCH3 is 1. The Bertz CT molecular complexity index is 1030. The monoisotopic (exact) mass is 404 g/mol. The van der Waals surface area contributed by atoms with Gasteiger partial charge in [-0.1, -0.05) is 11.2 Å². The zero-order chi connectivity index (χ0) is 21.5. The smallest absolute Gasteiger partial charge is 0.122 e. The van der Waals surface area contributed by atoms with Gasteiger partial charge in [0.2, 0.25) is 0 Å². The Morgan fingerprint density at radius 2 is 1.73 bits per heavy atom. The van der Waals surface area contributed by atoms with Crippen LogP contribution >= 0.6 is 0 Å². The highest BCUT2D eigenvalue weighted by molar-refractivity contribution is 5.96. The topological polar surface area (TPSA) is 69.5 Å². The number of aryl methyl sites for hydroxylation is 4. The SMILES string of the molecule is COc1cc(C)nc(-c2cccc(CCCON=C(C)c3cc(C)cc(C)n3)n2)c1. The molecule has 3 heterocycles. The second-order valence-corrected chi connectivity index (χ2v) is 7.33. The van der Waals surface area contributed by atoms with Gasteiger partial charge in [0.15, 0.2) is 0 Å². The fourth-order valence-electron chi connectivity index (χ4n) is 3.18. The lowest BCUT2D eigenvalue weighted by Crippen LogP contribution is -2.03. The highest BCUT2D eigenvalue weighted by Crippen LogP contribution is 2.22. The molecule has 0 aliphatic heterocycles. The van der Waals surface area contributed by atoms with Crippen molar-refractivity contribution in [3.63, 3.8) is 0 Å². The van der Waals surface area contributed by atoms with Gasteiger partial charge in [-0.2, -0.15) is 0 Å². The van der Waals surface area contributed by atoms with Crippen LogP contribution in [0.15, 0.2) is 47.6 Å². The first-order valence-corrected chi connectivity index (χ1v) is 10.1. The number of aromatic nitrogens is 3. The fourth-order valence-corrected chi connectivity index (χ4v) is 3.18. The molecule has 30 heavy (non-hydrogen) atoms. The first-order chi connectivity index (χ1) is 14.4. The van der Waals surface area contributed by atoms with Crippen molar-refractivity contribution in [3.05, 3.63) is 70.8 Å². The molecule has 0 aliphatic rings. The fraction of sp³-hybridized carbons (Fsp3) is 0.333. The molecule has 0 N–H and O–H groups in total. The van der Waals surface area contributed by atoms with Gasteiger partial charge in [-0.25, -0.2) is 0 Å². The Balaban J connectivity index is 1.57. The second-order valence-electron chi connectivity index (χ2n) is 7.33. The molecule has 0 aromatic carbocycles. The molecular formula is C24H28N4O2. The summed E-state index contributed by atoms with van der Waals surface area (Å²) in [6.07, 6.45) is 1.62. The van der Waals surface area contributed by atoms with Crippen LogP contribution in [0, 0.1) is 20.8 Å². The lowest BCUT2D eigenvalue weighted by molar-refractivity contribution is 0.141. The maximum absolute atomic E-state index is 5.50. The van der Waals surface area contributed by atoms with Crippen molar-refractivity contribution in [1.29, 1.82) is 0 Å². The minimum absolute atomic E-state index is 0.518. The second kappa shape index (κ2) is 9.96. The number of hydrogen-bond donors (Lipinski definition) is 0. The maximum Gasteiger partial charge on any atom is 0.122 e. The van der Waals surface area contributed by atoms with E-state index in [-0.39, 0.29) is 0 Å². The van der Waals surface area contributed by atoms with E-state index in [0.717, 1.165) is 58.5 Å². The van der Waals surface area contributed by atoms with Gasteiger partial charge in [-0.3, -0.25) is 15.0 Å². The van der Waals surface area contributed by atoms with Crippen LogP contribution in [-0.4, -0.2) is 34.4 Å². The number of hydrogen-bond acceptors (Lipinski definition) is 6. The molecule has 3 rings (SSSR count). The summed E-state index contributed by atoms with van der Waals surface area (Å²) in [5.74, 6) is 0.782. The summed E-state index contributed by atoms with van der Waals surface area (Å²) < 4.78 is 5.34. The van der Waals surface area contributed by atoms with Crippen molar-refractivity contribution >= 4 is 5.71 Å². The number of pyridine rings is 3. The van der Waals surface area contributed by atoms with E-state index in [4.69, 9.17) is 14.6 Å². The molecule has 0 radical (unpaired) electrons. The molecule has 0 fully saturated rings. The van der Waals surface area contributed by atoms with Crippen molar-refractivity contribution in [2.45, 2.75) is 40.5 Å². The summed E-state index contributed by atoms with van der Waals surface area (Å²) in [7, 11) is 1.66. The minimum Gasteiger partial charge on any atom is -0.497 e. The lowest BCUT2D eigenvalue weighted by Gasteiger charge is -2.07. The first-order valence-electron chi connectivity index (χ1n) is 10.1. The van der Waals surface area contributed by atoms with E-state index in [1.165, 1.54) is 5.56 Å². The van der Waals surface area contributed by atoms with Crippen LogP contribution in [-0.2, 0) is 11.3 Å². The molecule has 0 spiro atoms. The number of oxime groups is 1. The van der Waals surface area contributed by atoms with E-state index in [1.807, 2.05) is 63.2 Å². The van der Waals surface area contributed by atoms with Crippen molar-refractivity contribution in [2.24, 2.45) is 5.16 Å². The standard InChI is InChI=1S/C24H28N4O2/c1-16-12-17(2)25-23(13-16)19(4)28-30-11-7-9-20-8-6-10-22(27-20)24-15-21(29-5)14-18(3)26-24/h6,8,10,12-15H,7,9,11H2,1-5H3. The van der Waals surface area contributed by atoms with Crippen LogP contribution in [0.1, 0.15) is 41.7 Å². The molecule has 0 unspecified atom stereocenters. The third-order valence-corrected chi connectivity index (χ3v) is 4.57. The summed E-state index contributed by atoms with van der Waals surface area (Å²) in [6.45, 7) is 8.41. The van der Waals surface area contributed by atoms with E-state index < -0.39 is 0 Å². The van der Waals surface area contributed by atoms with Crippen LogP contribution in [0.3, 0.4) is 0 Å². The molecule has 0 saturated heterocycles. The molecule has 156 valence electrons. The van der Waals surface area contributed by atoms with Crippen LogP contribution < -0.4 is 4.74 Å². The summed E-state index contributed by atoms with van der Waals surface area (Å²) in [4.78, 5) is 19.3. The summed E-state index contributed by atoms with van der Waals surface area (Å²) >= 11 is 0. The van der Waals surface area contributed by atoms with Crippen molar-refractivity contribution < 1.29 is 9.57 Å². The molecule has 3 aromatic rings. The number of nitrogens with zero attached hydrogens (tertiary/aromatic N) is 4. The molecule has 0 atom stereocenters. The average Bonchev–Trinajstić information content (AvgIpc) is 2.72. The highest BCUT2D eigenvalue weighted by Gasteiger charge is 2.07. The Morgan fingerprint density at radius 3 is 2.50 bits per heavy atom. The van der Waals surface area contributed by atoms with Crippen LogP contribution in [0.2, 0.25) is 0 Å². The lowest BCUT2D eigenvalue weighted by atomic mass is 10.1. The number of ether oxygens (including phenoxy) is 1. The van der Waals surface area contributed by atoms with E-state index in [9.17, 15) is 0 Å². The molecular weight excluding hydrogens is 376 g/mol. The maximum atomic E-state index is 5.50. The summed E-state index contributed by atoms with van der Waals surface area (Å²) in [5.41, 5.74) is 7.32. The predicted octanol–water partition coefficient (Wildman–Crippen LogP) is 4.85. The van der Waals surface area contributed by atoms with Gasteiger partial charge in [0.05, 0.1) is 24.2 Å². The molecule has 0 saturated carbocycles. The van der Waals surface area contributed by atoms with E-state index >= 15 is 0 Å². The molecule has 0 amide bonds. The van der Waals surface area contributed by atoms with Gasteiger partial charge in [0, 0.05) is 29.2 Å². The predicted molar refractivity (Wildman–Crippen MR) is 119 cm³/mol. The molecule has 6 heteroatoms. The average molecular weight is 405 g/mol. The molecule has 0 aliphatic carbocycles. The van der Waals surface area contributed by atoms with Gasteiger partial charge in [0.25, 0.3) is 0 Å². The first kappa shape index (κ1) is 21.4. The van der Waals surface area contributed by atoms with Crippen LogP contribution in [0.4, 0.5) is 0 Å². The Kier molecular flexibility index (Phi) is 7.12. The van der Waals surface area contributed by atoms with E-state index in [2.05, 4.69) is 22.0 Å². The van der Waals surface area contributed by atoms with Gasteiger partial charge in [0.1, 0.15) is 18.1 Å². The quantitative estimate of drug-likeness (QED) is 0.305.